The Labute approximate surface area is 120 Å². The minimum atomic E-state index is -1.89. The summed E-state index contributed by atoms with van der Waals surface area (Å²) in [6.07, 6.45) is -2.86. The maximum Gasteiger partial charge on any atom is 0.180 e. The number of hydrogen-bond acceptors (Lipinski definition) is 7. The molecular weight excluding hydrogens is 264 g/mol. The van der Waals surface area contributed by atoms with Gasteiger partial charge in [0, 0.05) is 13.1 Å². The monoisotopic (exact) mass is 294 g/mol. The fourth-order valence-electron chi connectivity index (χ4n) is 2.17. The number of hydrogen-bond donors (Lipinski definition) is 5. The zero-order chi connectivity index (χ0) is 15.5. The third-order valence-electron chi connectivity index (χ3n) is 3.13. The van der Waals surface area contributed by atoms with Gasteiger partial charge in [-0.2, -0.15) is 0 Å². The second-order valence-corrected chi connectivity index (χ2v) is 4.92. The van der Waals surface area contributed by atoms with Crippen LogP contribution < -0.4 is 11.5 Å². The Bertz CT molecular complexity index is 231. The van der Waals surface area contributed by atoms with E-state index in [0.29, 0.717) is 13.2 Å². The minimum absolute atomic E-state index is 0.0859. The number of aliphatic hydroxyl groups excluding tert-OH is 2. The molecular formula is C13H30N2O5. The highest BCUT2D eigenvalue weighted by Gasteiger charge is 2.36. The normalized spacial score (nSPS) is 18.0. The molecule has 4 atom stereocenters. The van der Waals surface area contributed by atoms with E-state index in [2.05, 4.69) is 0 Å². The van der Waals surface area contributed by atoms with Crippen molar-refractivity contribution in [1.82, 2.24) is 0 Å². The molecule has 0 radical (unpaired) electrons. The molecule has 7 N–H and O–H groups in total. The molecule has 0 rings (SSSR count). The molecule has 0 heterocycles. The highest BCUT2D eigenvalue weighted by molar-refractivity contribution is 4.83. The van der Waals surface area contributed by atoms with Crippen molar-refractivity contribution in [2.24, 2.45) is 17.4 Å². The summed E-state index contributed by atoms with van der Waals surface area (Å²) in [5, 5.41) is 28.3. The van der Waals surface area contributed by atoms with Gasteiger partial charge in [-0.05, 0) is 12.3 Å². The van der Waals surface area contributed by atoms with Crippen LogP contribution in [0, 0.1) is 5.92 Å². The Balaban J connectivity index is 4.93. The van der Waals surface area contributed by atoms with E-state index >= 15 is 0 Å². The summed E-state index contributed by atoms with van der Waals surface area (Å²) < 4.78 is 11.1. The second-order valence-electron chi connectivity index (χ2n) is 4.92. The molecule has 0 aliphatic carbocycles. The van der Waals surface area contributed by atoms with Crippen molar-refractivity contribution in [1.29, 1.82) is 0 Å². The first kappa shape index (κ1) is 19.7. The van der Waals surface area contributed by atoms with Gasteiger partial charge in [-0.25, -0.2) is 0 Å². The molecule has 0 saturated heterocycles. The number of rotatable bonds is 12. The lowest BCUT2D eigenvalue weighted by Crippen LogP contribution is -2.50. The second kappa shape index (κ2) is 11.4. The average molecular weight is 294 g/mol. The third kappa shape index (κ3) is 6.94. The van der Waals surface area contributed by atoms with Gasteiger partial charge in [0.25, 0.3) is 0 Å². The molecule has 7 heteroatoms. The predicted molar refractivity (Wildman–Crippen MR) is 75.9 cm³/mol. The van der Waals surface area contributed by atoms with Gasteiger partial charge in [0.1, 0.15) is 12.2 Å². The van der Waals surface area contributed by atoms with Crippen LogP contribution in [0.3, 0.4) is 0 Å². The lowest BCUT2D eigenvalue weighted by molar-refractivity contribution is -0.204. The Morgan fingerprint density at radius 3 is 1.85 bits per heavy atom. The molecule has 20 heavy (non-hydrogen) atoms. The summed E-state index contributed by atoms with van der Waals surface area (Å²) in [5.41, 5.74) is 10.8. The van der Waals surface area contributed by atoms with Crippen LogP contribution in [0.15, 0.2) is 0 Å². The van der Waals surface area contributed by atoms with Gasteiger partial charge in [-0.15, -0.1) is 0 Å². The molecule has 0 amide bonds. The van der Waals surface area contributed by atoms with Gasteiger partial charge in [0.15, 0.2) is 6.29 Å². The molecule has 0 aromatic heterocycles. The van der Waals surface area contributed by atoms with Crippen LogP contribution in [0.1, 0.15) is 26.7 Å². The molecule has 0 spiro atoms. The molecule has 0 aromatic carbocycles. The van der Waals surface area contributed by atoms with Crippen LogP contribution >= 0.6 is 0 Å². The average Bonchev–Trinajstić information content (AvgIpc) is 2.41. The van der Waals surface area contributed by atoms with Crippen molar-refractivity contribution >= 4 is 0 Å². The molecule has 4 unspecified atom stereocenters. The molecule has 0 saturated carbocycles. The van der Waals surface area contributed by atoms with Crippen LogP contribution in [0.5, 0.6) is 0 Å². The lowest BCUT2D eigenvalue weighted by Gasteiger charge is -2.35. The van der Waals surface area contributed by atoms with E-state index in [1.807, 2.05) is 13.8 Å². The van der Waals surface area contributed by atoms with Gasteiger partial charge in [-0.3, -0.25) is 0 Å². The summed E-state index contributed by atoms with van der Waals surface area (Å²) >= 11 is 0. The van der Waals surface area contributed by atoms with Gasteiger partial charge in [0.2, 0.25) is 0 Å². The summed E-state index contributed by atoms with van der Waals surface area (Å²) in [6.45, 7) is 5.15. The predicted octanol–water partition coefficient (Wildman–Crippen LogP) is -1.22. The van der Waals surface area contributed by atoms with E-state index in [-0.39, 0.29) is 19.1 Å². The summed E-state index contributed by atoms with van der Waals surface area (Å²) in [5.74, 6) is 0.0859. The standard InChI is InChI=1S/C13H30N2O5/c1-3-4-9(2)11(19-7-5-14)12(20-8-6-15)10(16)13(17)18/h9-13,16-18H,3-8,14-15H2,1-2H3. The zero-order valence-corrected chi connectivity index (χ0v) is 12.4. The number of nitrogens with two attached hydrogens (primary N) is 2. The SMILES string of the molecule is CCCC(C)C(OCCN)C(OCCN)C(O)C(O)O. The van der Waals surface area contributed by atoms with E-state index in [1.165, 1.54) is 0 Å². The fourth-order valence-corrected chi connectivity index (χ4v) is 2.17. The van der Waals surface area contributed by atoms with Crippen molar-refractivity contribution in [3.8, 4) is 0 Å². The smallest absolute Gasteiger partial charge is 0.180 e. The van der Waals surface area contributed by atoms with Crippen LogP contribution in [-0.4, -0.2) is 66.2 Å². The van der Waals surface area contributed by atoms with E-state index in [4.69, 9.17) is 20.9 Å². The molecule has 0 fully saturated rings. The van der Waals surface area contributed by atoms with E-state index in [9.17, 15) is 15.3 Å². The molecule has 122 valence electrons. The van der Waals surface area contributed by atoms with Crippen molar-refractivity contribution < 1.29 is 24.8 Å². The minimum Gasteiger partial charge on any atom is -0.385 e. The van der Waals surface area contributed by atoms with Crippen molar-refractivity contribution in [2.75, 3.05) is 26.3 Å². The largest absolute Gasteiger partial charge is 0.385 e. The zero-order valence-electron chi connectivity index (χ0n) is 12.4. The Morgan fingerprint density at radius 1 is 0.950 bits per heavy atom. The molecule has 7 nitrogen and oxygen atoms in total. The molecule has 0 bridgehead atoms. The highest BCUT2D eigenvalue weighted by atomic mass is 16.6. The molecule has 0 aliphatic rings. The molecule has 0 aliphatic heterocycles. The van der Waals surface area contributed by atoms with Crippen LogP contribution in [-0.2, 0) is 9.47 Å². The Kier molecular flexibility index (Phi) is 11.2. The Morgan fingerprint density at radius 2 is 1.45 bits per heavy atom. The topological polar surface area (TPSA) is 131 Å². The van der Waals surface area contributed by atoms with Gasteiger partial charge in [-0.1, -0.05) is 20.3 Å². The first-order valence-electron chi connectivity index (χ1n) is 7.17. The third-order valence-corrected chi connectivity index (χ3v) is 3.13. The van der Waals surface area contributed by atoms with Crippen molar-refractivity contribution in [3.63, 3.8) is 0 Å². The van der Waals surface area contributed by atoms with E-state index in [1.54, 1.807) is 0 Å². The summed E-state index contributed by atoms with van der Waals surface area (Å²) in [4.78, 5) is 0. The highest BCUT2D eigenvalue weighted by Crippen LogP contribution is 2.22. The lowest BCUT2D eigenvalue weighted by atomic mass is 9.92. The van der Waals surface area contributed by atoms with Crippen LogP contribution in [0.4, 0.5) is 0 Å². The maximum atomic E-state index is 9.92. The van der Waals surface area contributed by atoms with Gasteiger partial charge < -0.3 is 36.3 Å². The summed E-state index contributed by atoms with van der Waals surface area (Å²) in [6, 6.07) is 0. The quantitative estimate of drug-likeness (QED) is 0.285. The van der Waals surface area contributed by atoms with E-state index < -0.39 is 24.6 Å². The summed E-state index contributed by atoms with van der Waals surface area (Å²) in [7, 11) is 0. The fraction of sp³-hybridized carbons (Fsp3) is 1.00. The van der Waals surface area contributed by atoms with E-state index in [0.717, 1.165) is 12.8 Å². The van der Waals surface area contributed by atoms with Crippen molar-refractivity contribution in [2.45, 2.75) is 51.3 Å². The number of ether oxygens (including phenoxy) is 2. The first-order chi connectivity index (χ1) is 9.49. The first-order valence-corrected chi connectivity index (χ1v) is 7.17. The van der Waals surface area contributed by atoms with Crippen molar-refractivity contribution in [3.05, 3.63) is 0 Å². The maximum absolute atomic E-state index is 9.92. The van der Waals surface area contributed by atoms with Crippen LogP contribution in [0.2, 0.25) is 0 Å². The number of aliphatic hydroxyl groups is 3. The van der Waals surface area contributed by atoms with Gasteiger partial charge in [0.05, 0.1) is 19.3 Å². The Hall–Kier alpha value is -0.280. The van der Waals surface area contributed by atoms with Crippen LogP contribution in [0.25, 0.3) is 0 Å². The van der Waals surface area contributed by atoms with Gasteiger partial charge >= 0.3 is 0 Å². The molecule has 0 aromatic rings.